The Bertz CT molecular complexity index is 641. The number of hydrogen-bond donors (Lipinski definition) is 1. The van der Waals surface area contributed by atoms with E-state index in [9.17, 15) is 4.79 Å². The van der Waals surface area contributed by atoms with Gasteiger partial charge in [0.25, 0.3) is 0 Å². The molecule has 6 heteroatoms. The highest BCUT2D eigenvalue weighted by Gasteiger charge is 2.16. The lowest BCUT2D eigenvalue weighted by Gasteiger charge is -2.09. The number of carbonyl (C=O) groups excluding carboxylic acids is 1. The normalized spacial score (nSPS) is 10.3. The minimum atomic E-state index is -0.577. The number of benzene rings is 2. The molecule has 0 unspecified atom stereocenters. The van der Waals surface area contributed by atoms with Gasteiger partial charge in [-0.1, -0.05) is 51.3 Å². The third-order valence-corrected chi connectivity index (χ3v) is 3.78. The lowest BCUT2D eigenvalue weighted by Crippen LogP contribution is -2.09. The zero-order valence-electron chi connectivity index (χ0n) is 10.2. The van der Waals surface area contributed by atoms with Gasteiger partial charge >= 0.3 is 5.97 Å². The highest BCUT2D eigenvalue weighted by Crippen LogP contribution is 2.25. The Labute approximate surface area is 134 Å². The summed E-state index contributed by atoms with van der Waals surface area (Å²) in [5, 5.41) is 0.774. The molecule has 0 bridgehead atoms. The van der Waals surface area contributed by atoms with Crippen molar-refractivity contribution in [1.82, 2.24) is 0 Å². The molecule has 0 aliphatic carbocycles. The maximum absolute atomic E-state index is 12.0. The fourth-order valence-electron chi connectivity index (χ4n) is 1.61. The van der Waals surface area contributed by atoms with Crippen LogP contribution in [0.25, 0.3) is 0 Å². The van der Waals surface area contributed by atoms with E-state index in [4.69, 9.17) is 33.7 Å². The van der Waals surface area contributed by atoms with Gasteiger partial charge in [-0.05, 0) is 24.3 Å². The average molecular weight is 375 g/mol. The molecular weight excluding hydrogens is 365 g/mol. The van der Waals surface area contributed by atoms with Crippen LogP contribution in [0, 0.1) is 0 Å². The van der Waals surface area contributed by atoms with Crippen LogP contribution in [0.3, 0.4) is 0 Å². The first-order valence-corrected chi connectivity index (χ1v) is 7.19. The molecule has 2 N–H and O–H groups in total. The zero-order valence-corrected chi connectivity index (χ0v) is 13.3. The first-order chi connectivity index (χ1) is 9.49. The van der Waals surface area contributed by atoms with Gasteiger partial charge in [0, 0.05) is 20.7 Å². The minimum absolute atomic E-state index is 0.0512. The lowest BCUT2D eigenvalue weighted by atomic mass is 10.2. The van der Waals surface area contributed by atoms with Gasteiger partial charge in [0.05, 0.1) is 5.02 Å². The molecule has 20 heavy (non-hydrogen) atoms. The van der Waals surface area contributed by atoms with Gasteiger partial charge in [-0.25, -0.2) is 4.79 Å². The molecule has 0 aliphatic heterocycles. The predicted octanol–water partition coefficient (Wildman–Crippen LogP) is 4.70. The Balaban J connectivity index is 2.13. The Kier molecular flexibility index (Phi) is 4.91. The molecule has 3 nitrogen and oxygen atoms in total. The fourth-order valence-corrected chi connectivity index (χ4v) is 2.60. The van der Waals surface area contributed by atoms with Crippen molar-refractivity contribution < 1.29 is 9.53 Å². The quantitative estimate of drug-likeness (QED) is 0.626. The van der Waals surface area contributed by atoms with E-state index in [0.29, 0.717) is 10.6 Å². The molecule has 0 heterocycles. The van der Waals surface area contributed by atoms with Gasteiger partial charge in [0.15, 0.2) is 0 Å². The van der Waals surface area contributed by atoms with E-state index in [1.807, 2.05) is 6.07 Å². The molecule has 2 aromatic carbocycles. The number of anilines is 1. The number of carbonyl (C=O) groups is 1. The van der Waals surface area contributed by atoms with E-state index in [1.54, 1.807) is 30.3 Å². The van der Waals surface area contributed by atoms with Crippen LogP contribution < -0.4 is 5.73 Å². The maximum Gasteiger partial charge on any atom is 0.342 e. The SMILES string of the molecule is Nc1cccc(Cl)c1C(=O)OCc1ccc(Br)cc1Cl. The van der Waals surface area contributed by atoms with E-state index < -0.39 is 5.97 Å². The fraction of sp³-hybridized carbons (Fsp3) is 0.0714. The monoisotopic (exact) mass is 373 g/mol. The molecule has 0 atom stereocenters. The predicted molar refractivity (Wildman–Crippen MR) is 84.1 cm³/mol. The van der Waals surface area contributed by atoms with Crippen molar-refractivity contribution in [3.63, 3.8) is 0 Å². The zero-order chi connectivity index (χ0) is 14.7. The molecular formula is C14H10BrCl2NO2. The number of nitrogen functional groups attached to an aromatic ring is 1. The first-order valence-electron chi connectivity index (χ1n) is 5.64. The molecule has 0 saturated carbocycles. The Morgan fingerprint density at radius 2 is 1.95 bits per heavy atom. The van der Waals surface area contributed by atoms with E-state index >= 15 is 0 Å². The third kappa shape index (κ3) is 3.45. The number of hydrogen-bond acceptors (Lipinski definition) is 3. The van der Waals surface area contributed by atoms with Crippen LogP contribution in [0.4, 0.5) is 5.69 Å². The smallest absolute Gasteiger partial charge is 0.342 e. The number of ether oxygens (including phenoxy) is 1. The second kappa shape index (κ2) is 6.48. The van der Waals surface area contributed by atoms with Gasteiger partial charge in [-0.15, -0.1) is 0 Å². The molecule has 0 radical (unpaired) electrons. The standard InChI is InChI=1S/C14H10BrCl2NO2/c15-9-5-4-8(11(17)6-9)7-20-14(19)13-10(16)2-1-3-12(13)18/h1-6H,7,18H2. The summed E-state index contributed by atoms with van der Waals surface area (Å²) < 4.78 is 6.05. The lowest BCUT2D eigenvalue weighted by molar-refractivity contribution is 0.0474. The topological polar surface area (TPSA) is 52.3 Å². The van der Waals surface area contributed by atoms with Gasteiger partial charge in [-0.2, -0.15) is 0 Å². The second-order valence-electron chi connectivity index (χ2n) is 4.02. The number of esters is 1. The van der Waals surface area contributed by atoms with Crippen LogP contribution in [0.2, 0.25) is 10.0 Å². The van der Waals surface area contributed by atoms with E-state index in [0.717, 1.165) is 4.47 Å². The van der Waals surface area contributed by atoms with Gasteiger partial charge in [0.2, 0.25) is 0 Å². The average Bonchev–Trinajstić information content (AvgIpc) is 2.37. The molecule has 0 saturated heterocycles. The minimum Gasteiger partial charge on any atom is -0.457 e. The maximum atomic E-state index is 12.0. The van der Waals surface area contributed by atoms with Crippen molar-refractivity contribution in [1.29, 1.82) is 0 Å². The highest BCUT2D eigenvalue weighted by molar-refractivity contribution is 9.10. The molecule has 104 valence electrons. The van der Waals surface area contributed by atoms with Crippen LogP contribution in [-0.4, -0.2) is 5.97 Å². The van der Waals surface area contributed by atoms with E-state index in [2.05, 4.69) is 15.9 Å². The Hall–Kier alpha value is -1.23. The Morgan fingerprint density at radius 3 is 2.60 bits per heavy atom. The number of halogens is 3. The van der Waals surface area contributed by atoms with E-state index in [-0.39, 0.29) is 22.9 Å². The summed E-state index contributed by atoms with van der Waals surface area (Å²) in [5.41, 5.74) is 6.88. The summed E-state index contributed by atoms with van der Waals surface area (Å²) in [5.74, 6) is -0.577. The van der Waals surface area contributed by atoms with Crippen LogP contribution in [0.15, 0.2) is 40.9 Å². The summed E-state index contributed by atoms with van der Waals surface area (Å²) in [6.07, 6.45) is 0. The molecule has 2 aromatic rings. The van der Waals surface area contributed by atoms with Crippen molar-refractivity contribution in [3.8, 4) is 0 Å². The van der Waals surface area contributed by atoms with Crippen molar-refractivity contribution in [3.05, 3.63) is 62.0 Å². The molecule has 0 aromatic heterocycles. The van der Waals surface area contributed by atoms with Crippen LogP contribution >= 0.6 is 39.1 Å². The van der Waals surface area contributed by atoms with Crippen molar-refractivity contribution in [2.24, 2.45) is 0 Å². The summed E-state index contributed by atoms with van der Waals surface area (Å²) in [6.45, 7) is 0.0512. The van der Waals surface area contributed by atoms with Crippen LogP contribution in [0.1, 0.15) is 15.9 Å². The highest BCUT2D eigenvalue weighted by atomic mass is 79.9. The second-order valence-corrected chi connectivity index (χ2v) is 5.75. The first kappa shape index (κ1) is 15.2. The molecule has 0 aliphatic rings. The third-order valence-electron chi connectivity index (χ3n) is 2.62. The summed E-state index contributed by atoms with van der Waals surface area (Å²) in [7, 11) is 0. The number of nitrogens with two attached hydrogens (primary N) is 1. The van der Waals surface area contributed by atoms with Crippen LogP contribution in [-0.2, 0) is 11.3 Å². The van der Waals surface area contributed by atoms with Crippen molar-refractivity contribution in [2.75, 3.05) is 5.73 Å². The van der Waals surface area contributed by atoms with Crippen LogP contribution in [0.5, 0.6) is 0 Å². The molecule has 0 spiro atoms. The molecule has 2 rings (SSSR count). The van der Waals surface area contributed by atoms with E-state index in [1.165, 1.54) is 0 Å². The summed E-state index contributed by atoms with van der Waals surface area (Å²) >= 11 is 15.3. The van der Waals surface area contributed by atoms with Gasteiger partial charge < -0.3 is 10.5 Å². The molecule has 0 fully saturated rings. The van der Waals surface area contributed by atoms with Crippen molar-refractivity contribution in [2.45, 2.75) is 6.61 Å². The van der Waals surface area contributed by atoms with Gasteiger partial charge in [0.1, 0.15) is 12.2 Å². The summed E-state index contributed by atoms with van der Waals surface area (Å²) in [6, 6.07) is 10.2. The Morgan fingerprint density at radius 1 is 1.20 bits per heavy atom. The number of rotatable bonds is 3. The van der Waals surface area contributed by atoms with Gasteiger partial charge in [-0.3, -0.25) is 0 Å². The summed E-state index contributed by atoms with van der Waals surface area (Å²) in [4.78, 5) is 12.0. The largest absolute Gasteiger partial charge is 0.457 e. The van der Waals surface area contributed by atoms with Crippen molar-refractivity contribution >= 4 is 50.8 Å². The molecule has 0 amide bonds.